The van der Waals surface area contributed by atoms with E-state index < -0.39 is 5.92 Å². The molecule has 33 heavy (non-hydrogen) atoms. The Bertz CT molecular complexity index is 1330. The first-order valence-electron chi connectivity index (χ1n) is 10.8. The van der Waals surface area contributed by atoms with Crippen molar-refractivity contribution in [2.24, 2.45) is 11.7 Å². The first-order chi connectivity index (χ1) is 16.0. The van der Waals surface area contributed by atoms with Gasteiger partial charge in [-0.1, -0.05) is 61.0 Å². The van der Waals surface area contributed by atoms with Crippen molar-refractivity contribution < 1.29 is 4.79 Å². The number of allylic oxidation sites excluding steroid dienone is 3. The molecule has 0 amide bonds. The van der Waals surface area contributed by atoms with E-state index in [1.165, 1.54) is 0 Å². The van der Waals surface area contributed by atoms with Gasteiger partial charge in [0.2, 0.25) is 0 Å². The number of Topliss-reactive ketones (excluding diaryl/α,β-unsaturated/α-hetero) is 1. The molecule has 2 atom stereocenters. The fourth-order valence-electron chi connectivity index (χ4n) is 4.76. The van der Waals surface area contributed by atoms with Crippen molar-refractivity contribution in [2.75, 3.05) is 4.90 Å². The number of hydrogen-bond donors (Lipinski definition) is 2. The van der Waals surface area contributed by atoms with Crippen LogP contribution in [-0.4, -0.2) is 16.0 Å². The lowest BCUT2D eigenvalue weighted by Crippen LogP contribution is -2.40. The second-order valence-corrected chi connectivity index (χ2v) is 8.97. The Morgan fingerprint density at radius 2 is 1.88 bits per heavy atom. The predicted molar refractivity (Wildman–Crippen MR) is 128 cm³/mol. The van der Waals surface area contributed by atoms with Crippen LogP contribution in [0.3, 0.4) is 0 Å². The predicted octanol–water partition coefficient (Wildman–Crippen LogP) is 5.28. The molecule has 5 rings (SSSR count). The normalized spacial score (nSPS) is 20.6. The van der Waals surface area contributed by atoms with Crippen LogP contribution in [0.2, 0.25) is 5.02 Å². The van der Waals surface area contributed by atoms with Gasteiger partial charge in [-0.15, -0.1) is 0 Å². The third-order valence-electron chi connectivity index (χ3n) is 6.25. The van der Waals surface area contributed by atoms with Gasteiger partial charge in [0.15, 0.2) is 11.6 Å². The number of halogens is 1. The van der Waals surface area contributed by atoms with Crippen molar-refractivity contribution in [3.63, 3.8) is 0 Å². The van der Waals surface area contributed by atoms with Gasteiger partial charge >= 0.3 is 0 Å². The number of nitriles is 1. The van der Waals surface area contributed by atoms with E-state index in [0.29, 0.717) is 40.6 Å². The van der Waals surface area contributed by atoms with Crippen molar-refractivity contribution in [1.29, 1.82) is 5.26 Å². The largest absolute Gasteiger partial charge is 0.384 e. The summed E-state index contributed by atoms with van der Waals surface area (Å²) in [6.07, 6.45) is 1.10. The molecule has 7 heteroatoms. The van der Waals surface area contributed by atoms with Crippen molar-refractivity contribution in [2.45, 2.75) is 25.7 Å². The van der Waals surface area contributed by atoms with E-state index in [9.17, 15) is 10.1 Å². The highest BCUT2D eigenvalue weighted by Crippen LogP contribution is 2.47. The molecule has 1 aromatic heterocycles. The molecular weight excluding hydrogens is 434 g/mol. The minimum Gasteiger partial charge on any atom is -0.384 e. The van der Waals surface area contributed by atoms with Gasteiger partial charge in [0.25, 0.3) is 0 Å². The van der Waals surface area contributed by atoms with Crippen molar-refractivity contribution in [3.8, 4) is 17.3 Å². The molecule has 0 radical (unpaired) electrons. The van der Waals surface area contributed by atoms with Gasteiger partial charge in [0.1, 0.15) is 5.82 Å². The molecule has 2 heterocycles. The number of H-pyrrole nitrogens is 1. The summed E-state index contributed by atoms with van der Waals surface area (Å²) in [5, 5.41) is 18.3. The average Bonchev–Trinajstić information content (AvgIpc) is 3.29. The van der Waals surface area contributed by atoms with Gasteiger partial charge in [-0.05, 0) is 35.6 Å². The van der Waals surface area contributed by atoms with Crippen LogP contribution < -0.4 is 10.6 Å². The van der Waals surface area contributed by atoms with Crippen LogP contribution in [0.4, 0.5) is 5.82 Å². The fourth-order valence-corrected chi connectivity index (χ4v) is 4.89. The zero-order valence-corrected chi connectivity index (χ0v) is 18.8. The lowest BCUT2D eigenvalue weighted by Gasteiger charge is -2.40. The molecule has 1 aliphatic carbocycles. The molecule has 6 nitrogen and oxygen atoms in total. The summed E-state index contributed by atoms with van der Waals surface area (Å²) in [5.74, 6) is 0.527. The molecule has 0 bridgehead atoms. The Hall–Kier alpha value is -3.82. The molecule has 2 aliphatic rings. The van der Waals surface area contributed by atoms with Crippen LogP contribution in [-0.2, 0) is 4.79 Å². The monoisotopic (exact) mass is 455 g/mol. The number of nitrogens with two attached hydrogens (primary N) is 1. The first kappa shape index (κ1) is 21.0. The zero-order chi connectivity index (χ0) is 23.1. The molecule has 2 aromatic carbocycles. The number of aromatic nitrogens is 2. The van der Waals surface area contributed by atoms with E-state index >= 15 is 0 Å². The number of hydrogen-bond acceptors (Lipinski definition) is 5. The van der Waals surface area contributed by atoms with Gasteiger partial charge in [0.05, 0.1) is 23.3 Å². The SMILES string of the molecule is CC1CC(=O)C2=C(C1)N(c1cc(-c3ccccc3)[nH]n1)C(N)=C(C#N)C2c1ccc(Cl)cc1. The lowest BCUT2D eigenvalue weighted by atomic mass is 9.73. The second-order valence-electron chi connectivity index (χ2n) is 8.53. The number of benzene rings is 2. The minimum atomic E-state index is -0.522. The van der Waals surface area contributed by atoms with E-state index in [2.05, 4.69) is 23.2 Å². The molecular formula is C26H22ClN5O. The molecule has 3 N–H and O–H groups in total. The van der Waals surface area contributed by atoms with Crippen molar-refractivity contribution in [3.05, 3.63) is 93.9 Å². The number of carbonyl (C=O) groups excluding carboxylic acids is 1. The summed E-state index contributed by atoms with van der Waals surface area (Å²) < 4.78 is 0. The Labute approximate surface area is 197 Å². The van der Waals surface area contributed by atoms with Crippen LogP contribution in [0.5, 0.6) is 0 Å². The fraction of sp³-hybridized carbons (Fsp3) is 0.192. The summed E-state index contributed by atoms with van der Waals surface area (Å²) in [6, 6.07) is 21.3. The summed E-state index contributed by atoms with van der Waals surface area (Å²) in [4.78, 5) is 15.1. The smallest absolute Gasteiger partial charge is 0.161 e. The number of anilines is 1. The first-order valence-corrected chi connectivity index (χ1v) is 11.2. The van der Waals surface area contributed by atoms with Gasteiger partial charge < -0.3 is 5.73 Å². The standard InChI is InChI=1S/C26H22ClN5O/c1-15-11-21-25(22(33)12-15)24(17-7-9-18(27)10-8-17)19(14-28)26(29)32(21)23-13-20(30-31-23)16-5-3-2-4-6-16/h2-10,13,15,24H,11-12,29H2,1H3,(H,30,31). The van der Waals surface area contributed by atoms with E-state index in [0.717, 1.165) is 22.5 Å². The topological polar surface area (TPSA) is 98.8 Å². The highest BCUT2D eigenvalue weighted by Gasteiger charge is 2.42. The Morgan fingerprint density at radius 3 is 2.58 bits per heavy atom. The number of aromatic amines is 1. The number of nitrogens with zero attached hydrogens (tertiary/aromatic N) is 3. The molecule has 0 saturated carbocycles. The highest BCUT2D eigenvalue weighted by atomic mass is 35.5. The molecule has 0 spiro atoms. The van der Waals surface area contributed by atoms with Crippen LogP contribution in [0.1, 0.15) is 31.2 Å². The molecule has 0 saturated heterocycles. The van der Waals surface area contributed by atoms with E-state index in [-0.39, 0.29) is 11.7 Å². The average molecular weight is 456 g/mol. The quantitative estimate of drug-likeness (QED) is 0.559. The van der Waals surface area contributed by atoms with Crippen molar-refractivity contribution >= 4 is 23.2 Å². The maximum absolute atomic E-state index is 13.3. The number of ketones is 1. The number of carbonyl (C=O) groups is 1. The second kappa shape index (κ2) is 8.27. The maximum Gasteiger partial charge on any atom is 0.161 e. The summed E-state index contributed by atoms with van der Waals surface area (Å²) >= 11 is 6.09. The number of rotatable bonds is 3. The van der Waals surface area contributed by atoms with Gasteiger partial charge in [0, 0.05) is 28.8 Å². The maximum atomic E-state index is 13.3. The molecule has 1 aliphatic heterocycles. The molecule has 164 valence electrons. The highest BCUT2D eigenvalue weighted by molar-refractivity contribution is 6.30. The van der Waals surface area contributed by atoms with Crippen molar-refractivity contribution in [1.82, 2.24) is 10.2 Å². The minimum absolute atomic E-state index is 0.0350. The van der Waals surface area contributed by atoms with E-state index in [1.807, 2.05) is 48.5 Å². The summed E-state index contributed by atoms with van der Waals surface area (Å²) in [7, 11) is 0. The third kappa shape index (κ3) is 3.61. The van der Waals surface area contributed by atoms with Crippen LogP contribution >= 0.6 is 11.6 Å². The van der Waals surface area contributed by atoms with E-state index in [1.54, 1.807) is 17.0 Å². The van der Waals surface area contributed by atoms with Crippen LogP contribution in [0.25, 0.3) is 11.3 Å². The number of nitrogens with one attached hydrogen (secondary N) is 1. The Kier molecular flexibility index (Phi) is 5.27. The molecule has 0 fully saturated rings. The molecule has 3 aromatic rings. The van der Waals surface area contributed by atoms with Crippen LogP contribution in [0, 0.1) is 17.2 Å². The van der Waals surface area contributed by atoms with Gasteiger partial charge in [-0.3, -0.25) is 14.8 Å². The Morgan fingerprint density at radius 1 is 1.15 bits per heavy atom. The zero-order valence-electron chi connectivity index (χ0n) is 18.0. The van der Waals surface area contributed by atoms with Gasteiger partial charge in [-0.25, -0.2) is 0 Å². The Balaban J connectivity index is 1.69. The molecule has 2 unspecified atom stereocenters. The van der Waals surface area contributed by atoms with Crippen LogP contribution in [0.15, 0.2) is 83.3 Å². The van der Waals surface area contributed by atoms with E-state index in [4.69, 9.17) is 17.3 Å². The lowest BCUT2D eigenvalue weighted by molar-refractivity contribution is -0.117. The summed E-state index contributed by atoms with van der Waals surface area (Å²) in [5.41, 5.74) is 11.0. The van der Waals surface area contributed by atoms with Gasteiger partial charge in [-0.2, -0.15) is 10.4 Å². The third-order valence-corrected chi connectivity index (χ3v) is 6.51. The summed E-state index contributed by atoms with van der Waals surface area (Å²) in [6.45, 7) is 2.05.